The van der Waals surface area contributed by atoms with Crippen molar-refractivity contribution in [2.45, 2.75) is 13.8 Å². The maximum atomic E-state index is 12.4. The molecule has 1 aromatic carbocycles. The van der Waals surface area contributed by atoms with Gasteiger partial charge in [0.25, 0.3) is 0 Å². The van der Waals surface area contributed by atoms with Crippen LogP contribution in [0.3, 0.4) is 0 Å². The number of rotatable bonds is 2. The quantitative estimate of drug-likeness (QED) is 0.679. The van der Waals surface area contributed by atoms with Gasteiger partial charge in [0.2, 0.25) is 0 Å². The summed E-state index contributed by atoms with van der Waals surface area (Å²) in [4.78, 5) is 0. The van der Waals surface area contributed by atoms with Crippen LogP contribution in [0, 0.1) is 24.2 Å². The van der Waals surface area contributed by atoms with E-state index in [1.165, 1.54) is 0 Å². The number of alkyl halides is 1. The molecule has 0 aliphatic carbocycles. The zero-order valence-electron chi connectivity index (χ0n) is 7.76. The lowest BCUT2D eigenvalue weighted by molar-refractivity contribution is 0.515. The van der Waals surface area contributed by atoms with Crippen LogP contribution in [0.15, 0.2) is 18.2 Å². The van der Waals surface area contributed by atoms with Gasteiger partial charge in [0, 0.05) is 5.92 Å². The fourth-order valence-electron chi connectivity index (χ4n) is 1.29. The number of halogens is 1. The van der Waals surface area contributed by atoms with Gasteiger partial charge in [0.1, 0.15) is 0 Å². The van der Waals surface area contributed by atoms with E-state index in [1.807, 2.05) is 13.0 Å². The Morgan fingerprint density at radius 2 is 2.23 bits per heavy atom. The molecule has 0 atom stereocenters. The Kier molecular flexibility index (Phi) is 3.02. The van der Waals surface area contributed by atoms with Crippen LogP contribution in [0.1, 0.15) is 23.6 Å². The third-order valence-electron chi connectivity index (χ3n) is 2.11. The second kappa shape index (κ2) is 4.04. The van der Waals surface area contributed by atoms with E-state index < -0.39 is 6.67 Å². The zero-order chi connectivity index (χ0) is 9.84. The Bertz CT molecular complexity index is 338. The molecule has 0 aromatic heterocycles. The van der Waals surface area contributed by atoms with Gasteiger partial charge in [-0.05, 0) is 24.1 Å². The Labute approximate surface area is 77.8 Å². The summed E-state index contributed by atoms with van der Waals surface area (Å²) in [6, 6.07) is 7.44. The Morgan fingerprint density at radius 1 is 1.54 bits per heavy atom. The fourth-order valence-corrected chi connectivity index (χ4v) is 1.29. The van der Waals surface area contributed by atoms with Crippen molar-refractivity contribution in [1.29, 1.82) is 5.26 Å². The molecule has 2 heteroatoms. The van der Waals surface area contributed by atoms with Crippen LogP contribution >= 0.6 is 0 Å². The molecule has 0 aliphatic rings. The van der Waals surface area contributed by atoms with Crippen LogP contribution in [-0.4, -0.2) is 6.67 Å². The molecule has 67 valence electrons. The molecule has 0 fully saturated rings. The first-order chi connectivity index (χ1) is 6.20. The van der Waals surface area contributed by atoms with E-state index in [2.05, 4.69) is 6.07 Å². The average Bonchev–Trinajstić information content (AvgIpc) is 2.17. The Hall–Kier alpha value is -1.36. The van der Waals surface area contributed by atoms with Crippen LogP contribution in [0.2, 0.25) is 0 Å². The van der Waals surface area contributed by atoms with E-state index in [0.29, 0.717) is 11.5 Å². The summed E-state index contributed by atoms with van der Waals surface area (Å²) in [5.74, 6) is 0.676. The molecule has 1 nitrogen and oxygen atoms in total. The number of benzene rings is 1. The number of nitrogens with zero attached hydrogens (tertiary/aromatic N) is 1. The van der Waals surface area contributed by atoms with Crippen LogP contribution in [0.25, 0.3) is 0 Å². The smallest absolute Gasteiger partial charge is 0.0997 e. The molecule has 0 saturated heterocycles. The van der Waals surface area contributed by atoms with Crippen molar-refractivity contribution in [2.24, 2.45) is 0 Å². The summed E-state index contributed by atoms with van der Waals surface area (Å²) in [5.41, 5.74) is 2.33. The van der Waals surface area contributed by atoms with Crippen LogP contribution < -0.4 is 0 Å². The molecule has 0 saturated carbocycles. The molecule has 0 aliphatic heterocycles. The first-order valence-electron chi connectivity index (χ1n) is 4.09. The molecule has 0 unspecified atom stereocenters. The largest absolute Gasteiger partial charge is 0.250 e. The second-order valence-corrected chi connectivity index (χ2v) is 3.00. The molecule has 13 heavy (non-hydrogen) atoms. The van der Waals surface area contributed by atoms with Gasteiger partial charge in [-0.3, -0.25) is 4.39 Å². The van der Waals surface area contributed by atoms with E-state index in [4.69, 9.17) is 5.26 Å². The first-order valence-corrected chi connectivity index (χ1v) is 4.09. The van der Waals surface area contributed by atoms with E-state index in [-0.39, 0.29) is 0 Å². The normalized spacial score (nSPS) is 10.1. The van der Waals surface area contributed by atoms with E-state index >= 15 is 0 Å². The van der Waals surface area contributed by atoms with Crippen molar-refractivity contribution in [3.63, 3.8) is 0 Å². The predicted molar refractivity (Wildman–Crippen MR) is 49.9 cm³/mol. The highest BCUT2D eigenvalue weighted by Crippen LogP contribution is 2.21. The maximum absolute atomic E-state index is 12.4. The van der Waals surface area contributed by atoms with Gasteiger partial charge in [-0.25, -0.2) is 0 Å². The van der Waals surface area contributed by atoms with Crippen molar-refractivity contribution in [1.82, 2.24) is 0 Å². The van der Waals surface area contributed by atoms with Crippen LogP contribution in [-0.2, 0) is 0 Å². The molecule has 0 spiro atoms. The van der Waals surface area contributed by atoms with E-state index in [1.54, 1.807) is 19.1 Å². The van der Waals surface area contributed by atoms with Crippen molar-refractivity contribution in [3.05, 3.63) is 40.8 Å². The Balaban J connectivity index is 3.17. The number of nitriles is 1. The summed E-state index contributed by atoms with van der Waals surface area (Å²) in [6.07, 6.45) is 0. The minimum atomic E-state index is -0.463. The highest BCUT2D eigenvalue weighted by molar-refractivity contribution is 5.47. The molecule has 0 heterocycles. The summed E-state index contributed by atoms with van der Waals surface area (Å²) in [5, 5.41) is 8.74. The van der Waals surface area contributed by atoms with E-state index in [0.717, 1.165) is 11.1 Å². The van der Waals surface area contributed by atoms with Gasteiger partial charge in [0.05, 0.1) is 18.3 Å². The molecule has 1 aromatic rings. The predicted octanol–water partition coefficient (Wildman–Crippen LogP) is 2.78. The lowest BCUT2D eigenvalue weighted by atomic mass is 9.94. The number of hydrogen-bond acceptors (Lipinski definition) is 1. The minimum Gasteiger partial charge on any atom is -0.250 e. The topological polar surface area (TPSA) is 23.8 Å². The summed E-state index contributed by atoms with van der Waals surface area (Å²) in [7, 11) is 0. The van der Waals surface area contributed by atoms with Crippen molar-refractivity contribution in [3.8, 4) is 6.07 Å². The lowest BCUT2D eigenvalue weighted by Gasteiger charge is -2.10. The fraction of sp³-hybridized carbons (Fsp3) is 0.273. The second-order valence-electron chi connectivity index (χ2n) is 3.00. The molecule has 0 N–H and O–H groups in total. The van der Waals surface area contributed by atoms with Crippen molar-refractivity contribution >= 4 is 0 Å². The summed E-state index contributed by atoms with van der Waals surface area (Å²) < 4.78 is 12.4. The third kappa shape index (κ3) is 1.86. The summed E-state index contributed by atoms with van der Waals surface area (Å²) in [6.45, 7) is 3.12. The summed E-state index contributed by atoms with van der Waals surface area (Å²) >= 11 is 0. The Morgan fingerprint density at radius 3 is 2.77 bits per heavy atom. The van der Waals surface area contributed by atoms with Crippen molar-refractivity contribution < 1.29 is 4.39 Å². The minimum absolute atomic E-state index is 0.463. The zero-order valence-corrected chi connectivity index (χ0v) is 7.76. The molecular weight excluding hydrogens is 165 g/mol. The SMILES string of the molecule is C[C](CF)c1cccc(C#N)c1C. The van der Waals surface area contributed by atoms with Gasteiger partial charge < -0.3 is 0 Å². The van der Waals surface area contributed by atoms with E-state index in [9.17, 15) is 4.39 Å². The highest BCUT2D eigenvalue weighted by Gasteiger charge is 2.10. The first kappa shape index (κ1) is 9.73. The van der Waals surface area contributed by atoms with Crippen molar-refractivity contribution in [2.75, 3.05) is 6.67 Å². The lowest BCUT2D eigenvalue weighted by Crippen LogP contribution is -2.00. The number of hydrogen-bond donors (Lipinski definition) is 0. The molecular formula is C11H11FN. The third-order valence-corrected chi connectivity index (χ3v) is 2.11. The highest BCUT2D eigenvalue weighted by atomic mass is 19.1. The maximum Gasteiger partial charge on any atom is 0.0997 e. The van der Waals surface area contributed by atoms with Gasteiger partial charge in [0.15, 0.2) is 0 Å². The van der Waals surface area contributed by atoms with Gasteiger partial charge in [-0.15, -0.1) is 0 Å². The molecule has 1 radical (unpaired) electrons. The molecule has 0 amide bonds. The standard InChI is InChI=1S/C11H11FN/c1-8(6-12)11-5-3-4-10(7-13)9(11)2/h3-5H,6H2,1-2H3. The monoisotopic (exact) mass is 176 g/mol. The molecule has 1 rings (SSSR count). The van der Waals surface area contributed by atoms with Gasteiger partial charge in [-0.1, -0.05) is 19.1 Å². The van der Waals surface area contributed by atoms with Crippen LogP contribution in [0.4, 0.5) is 4.39 Å². The van der Waals surface area contributed by atoms with Gasteiger partial charge in [-0.2, -0.15) is 5.26 Å². The van der Waals surface area contributed by atoms with Gasteiger partial charge >= 0.3 is 0 Å². The van der Waals surface area contributed by atoms with Crippen LogP contribution in [0.5, 0.6) is 0 Å². The molecule has 0 bridgehead atoms. The average molecular weight is 176 g/mol.